The van der Waals surface area contributed by atoms with Gasteiger partial charge in [-0.3, -0.25) is 4.90 Å². The molecule has 0 amide bonds. The number of nitrogens with zero attached hydrogens (tertiary/aromatic N) is 3. The van der Waals surface area contributed by atoms with Crippen molar-refractivity contribution in [3.8, 4) is 11.5 Å². The Bertz CT molecular complexity index is 925. The van der Waals surface area contributed by atoms with E-state index < -0.39 is 11.7 Å². The molecular formula is C21H21F3N4O. The maximum absolute atomic E-state index is 12.7. The Labute approximate surface area is 166 Å². The first-order valence-corrected chi connectivity index (χ1v) is 9.47. The van der Waals surface area contributed by atoms with E-state index >= 15 is 0 Å². The molecule has 0 bridgehead atoms. The van der Waals surface area contributed by atoms with E-state index in [1.165, 1.54) is 17.7 Å². The van der Waals surface area contributed by atoms with E-state index in [9.17, 15) is 13.2 Å². The fourth-order valence-electron chi connectivity index (χ4n) is 3.46. The van der Waals surface area contributed by atoms with Gasteiger partial charge in [0.25, 0.3) is 0 Å². The fraction of sp³-hybridized carbons (Fsp3) is 0.333. The van der Waals surface area contributed by atoms with E-state index in [2.05, 4.69) is 32.5 Å². The van der Waals surface area contributed by atoms with Crippen LogP contribution in [-0.4, -0.2) is 34.2 Å². The maximum Gasteiger partial charge on any atom is 0.416 e. The van der Waals surface area contributed by atoms with Gasteiger partial charge in [-0.25, -0.2) is 0 Å². The van der Waals surface area contributed by atoms with Gasteiger partial charge in [-0.05, 0) is 36.2 Å². The summed E-state index contributed by atoms with van der Waals surface area (Å²) in [7, 11) is 0. The first-order chi connectivity index (χ1) is 14.0. The van der Waals surface area contributed by atoms with Crippen molar-refractivity contribution in [2.24, 2.45) is 0 Å². The van der Waals surface area contributed by atoms with Crippen LogP contribution < -0.4 is 5.32 Å². The summed E-state index contributed by atoms with van der Waals surface area (Å²) >= 11 is 0. The van der Waals surface area contributed by atoms with Crippen molar-refractivity contribution in [2.45, 2.75) is 31.7 Å². The first-order valence-electron chi connectivity index (χ1n) is 9.47. The maximum atomic E-state index is 12.7. The Morgan fingerprint density at radius 1 is 1.03 bits per heavy atom. The Morgan fingerprint density at radius 3 is 2.52 bits per heavy atom. The van der Waals surface area contributed by atoms with Gasteiger partial charge in [0.05, 0.1) is 12.1 Å². The van der Waals surface area contributed by atoms with Gasteiger partial charge in [0.15, 0.2) is 0 Å². The van der Waals surface area contributed by atoms with E-state index in [4.69, 9.17) is 4.42 Å². The molecule has 0 spiro atoms. The van der Waals surface area contributed by atoms with Crippen molar-refractivity contribution >= 4 is 0 Å². The summed E-state index contributed by atoms with van der Waals surface area (Å²) in [5.74, 6) is 0.633. The monoisotopic (exact) mass is 402 g/mol. The molecule has 152 valence electrons. The minimum absolute atomic E-state index is 0.215. The second-order valence-corrected chi connectivity index (χ2v) is 7.16. The molecule has 29 heavy (non-hydrogen) atoms. The molecule has 0 aliphatic carbocycles. The molecule has 1 N–H and O–H groups in total. The van der Waals surface area contributed by atoms with Crippen LogP contribution >= 0.6 is 0 Å². The van der Waals surface area contributed by atoms with Crippen LogP contribution in [0, 0.1) is 0 Å². The molecule has 2 aromatic carbocycles. The van der Waals surface area contributed by atoms with Gasteiger partial charge in [-0.1, -0.05) is 30.3 Å². The largest absolute Gasteiger partial charge is 0.419 e. The van der Waals surface area contributed by atoms with Crippen LogP contribution in [0.15, 0.2) is 59.0 Å². The highest BCUT2D eigenvalue weighted by Gasteiger charge is 2.30. The zero-order chi connectivity index (χ0) is 20.3. The third-order valence-electron chi connectivity index (χ3n) is 4.99. The molecule has 1 atom stereocenters. The summed E-state index contributed by atoms with van der Waals surface area (Å²) in [6.07, 6.45) is -3.33. The van der Waals surface area contributed by atoms with Crippen LogP contribution in [0.2, 0.25) is 0 Å². The van der Waals surface area contributed by atoms with Crippen LogP contribution in [0.4, 0.5) is 13.2 Å². The van der Waals surface area contributed by atoms with Crippen molar-refractivity contribution in [3.05, 3.63) is 71.6 Å². The molecular weight excluding hydrogens is 381 g/mol. The zero-order valence-corrected chi connectivity index (χ0v) is 15.7. The molecule has 2 heterocycles. The van der Waals surface area contributed by atoms with Crippen molar-refractivity contribution in [1.82, 2.24) is 20.4 Å². The molecule has 1 aliphatic heterocycles. The van der Waals surface area contributed by atoms with Crippen molar-refractivity contribution < 1.29 is 17.6 Å². The number of hydrogen-bond acceptors (Lipinski definition) is 5. The molecule has 5 nitrogen and oxygen atoms in total. The van der Waals surface area contributed by atoms with Crippen LogP contribution in [0.5, 0.6) is 0 Å². The number of benzene rings is 2. The standard InChI is InChI=1S/C21H21F3N4O/c22-21(23,24)17-8-6-16(7-9-17)20-27-26-19(29-20)12-25-18-10-11-28(14-18)13-15-4-2-1-3-5-15/h1-9,18,25H,10-14H2. The van der Waals surface area contributed by atoms with Crippen molar-refractivity contribution in [3.63, 3.8) is 0 Å². The molecule has 1 saturated heterocycles. The molecule has 3 aromatic rings. The van der Waals surface area contributed by atoms with Gasteiger partial charge in [0.1, 0.15) is 0 Å². The van der Waals surface area contributed by atoms with Gasteiger partial charge in [0.2, 0.25) is 11.8 Å². The van der Waals surface area contributed by atoms with E-state index in [0.29, 0.717) is 24.0 Å². The number of rotatable bonds is 6. The predicted octanol–water partition coefficient (Wildman–Crippen LogP) is 4.12. The predicted molar refractivity (Wildman–Crippen MR) is 102 cm³/mol. The quantitative estimate of drug-likeness (QED) is 0.672. The van der Waals surface area contributed by atoms with Crippen molar-refractivity contribution in [1.29, 1.82) is 0 Å². The summed E-state index contributed by atoms with van der Waals surface area (Å²) < 4.78 is 43.6. The molecule has 1 unspecified atom stereocenters. The van der Waals surface area contributed by atoms with E-state index in [1.54, 1.807) is 0 Å². The first kappa shape index (κ1) is 19.6. The molecule has 1 fully saturated rings. The molecule has 0 radical (unpaired) electrons. The Balaban J connectivity index is 1.29. The SMILES string of the molecule is FC(F)(F)c1ccc(-c2nnc(CNC3CCN(Cc4ccccc4)C3)o2)cc1. The lowest BCUT2D eigenvalue weighted by Gasteiger charge is -2.16. The summed E-state index contributed by atoms with van der Waals surface area (Å²) in [6, 6.07) is 15.4. The second-order valence-electron chi connectivity index (χ2n) is 7.16. The van der Waals surface area contributed by atoms with Gasteiger partial charge in [-0.2, -0.15) is 13.2 Å². The third kappa shape index (κ3) is 5.02. The minimum atomic E-state index is -4.36. The Kier molecular flexibility index (Phi) is 5.64. The molecule has 8 heteroatoms. The third-order valence-corrected chi connectivity index (χ3v) is 4.99. The normalized spacial score (nSPS) is 17.7. The highest BCUT2D eigenvalue weighted by Crippen LogP contribution is 2.30. The summed E-state index contributed by atoms with van der Waals surface area (Å²) in [5.41, 5.74) is 1.06. The summed E-state index contributed by atoms with van der Waals surface area (Å²) in [4.78, 5) is 2.40. The zero-order valence-electron chi connectivity index (χ0n) is 15.7. The lowest BCUT2D eigenvalue weighted by Crippen LogP contribution is -2.32. The van der Waals surface area contributed by atoms with Crippen LogP contribution in [0.25, 0.3) is 11.5 Å². The number of likely N-dealkylation sites (tertiary alicyclic amines) is 1. The van der Waals surface area contributed by atoms with E-state index in [0.717, 1.165) is 38.2 Å². The number of aromatic nitrogens is 2. The highest BCUT2D eigenvalue weighted by molar-refractivity contribution is 5.53. The number of alkyl halides is 3. The molecule has 1 aromatic heterocycles. The number of hydrogen-bond donors (Lipinski definition) is 1. The lowest BCUT2D eigenvalue weighted by atomic mass is 10.1. The Hall–Kier alpha value is -2.71. The highest BCUT2D eigenvalue weighted by atomic mass is 19.4. The fourth-order valence-corrected chi connectivity index (χ4v) is 3.46. The van der Waals surface area contributed by atoms with Gasteiger partial charge in [0, 0.05) is 31.2 Å². The minimum Gasteiger partial charge on any atom is -0.419 e. The molecule has 1 aliphatic rings. The van der Waals surface area contributed by atoms with E-state index in [-0.39, 0.29) is 5.89 Å². The van der Waals surface area contributed by atoms with Crippen LogP contribution in [-0.2, 0) is 19.3 Å². The summed E-state index contributed by atoms with van der Waals surface area (Å²) in [6.45, 7) is 3.32. The number of nitrogens with one attached hydrogen (secondary N) is 1. The van der Waals surface area contributed by atoms with Crippen LogP contribution in [0.1, 0.15) is 23.4 Å². The van der Waals surface area contributed by atoms with Crippen molar-refractivity contribution in [2.75, 3.05) is 13.1 Å². The topological polar surface area (TPSA) is 54.2 Å². The van der Waals surface area contributed by atoms with Gasteiger partial charge >= 0.3 is 6.18 Å². The second kappa shape index (κ2) is 8.34. The van der Waals surface area contributed by atoms with Gasteiger partial charge in [-0.15, -0.1) is 10.2 Å². The summed E-state index contributed by atoms with van der Waals surface area (Å²) in [5, 5.41) is 11.4. The van der Waals surface area contributed by atoms with E-state index in [1.807, 2.05) is 18.2 Å². The van der Waals surface area contributed by atoms with Crippen LogP contribution in [0.3, 0.4) is 0 Å². The average Bonchev–Trinajstić information content (AvgIpc) is 3.36. The van der Waals surface area contributed by atoms with Gasteiger partial charge < -0.3 is 9.73 Å². The smallest absolute Gasteiger partial charge is 0.416 e. The number of halogens is 3. The molecule has 0 saturated carbocycles. The average molecular weight is 402 g/mol. The lowest BCUT2D eigenvalue weighted by molar-refractivity contribution is -0.137. The molecule has 4 rings (SSSR count). The Morgan fingerprint density at radius 2 is 1.79 bits per heavy atom.